The number of imide groups is 1. The first-order chi connectivity index (χ1) is 16.3. The Kier molecular flexibility index (Phi) is 7.24. The highest BCUT2D eigenvalue weighted by molar-refractivity contribution is 8.18. The summed E-state index contributed by atoms with van der Waals surface area (Å²) in [4.78, 5) is 38.6. The lowest BCUT2D eigenvalue weighted by molar-refractivity contribution is -0.149. The summed E-state index contributed by atoms with van der Waals surface area (Å²) in [6, 6.07) is 18.9. The SMILES string of the molecule is CC(C)OC(=O)CN1C(=O)S/C(=C\c2c(OCc3ccccc3Cl)ccc3ccccc23)C1=O. The molecule has 8 heteroatoms. The number of carbonyl (C=O) groups is 3. The van der Waals surface area contributed by atoms with Crippen molar-refractivity contribution in [3.63, 3.8) is 0 Å². The zero-order chi connectivity index (χ0) is 24.2. The molecular formula is C26H22ClNO5S. The molecule has 1 fully saturated rings. The Hall–Kier alpha value is -3.29. The van der Waals surface area contributed by atoms with E-state index in [9.17, 15) is 14.4 Å². The van der Waals surface area contributed by atoms with Gasteiger partial charge in [-0.05, 0) is 54.6 Å². The fourth-order valence-electron chi connectivity index (χ4n) is 3.52. The molecule has 0 bridgehead atoms. The monoisotopic (exact) mass is 495 g/mol. The van der Waals surface area contributed by atoms with E-state index in [0.717, 1.165) is 33.0 Å². The Labute approximate surface area is 206 Å². The Morgan fingerprint density at radius 2 is 1.79 bits per heavy atom. The predicted octanol–water partition coefficient (Wildman–Crippen LogP) is 6.06. The highest BCUT2D eigenvalue weighted by Gasteiger charge is 2.37. The first-order valence-electron chi connectivity index (χ1n) is 10.7. The fourth-order valence-corrected chi connectivity index (χ4v) is 4.53. The largest absolute Gasteiger partial charge is 0.488 e. The second kappa shape index (κ2) is 10.3. The Balaban J connectivity index is 1.66. The molecule has 4 rings (SSSR count). The van der Waals surface area contributed by atoms with E-state index in [-0.39, 0.29) is 17.6 Å². The summed E-state index contributed by atoms with van der Waals surface area (Å²) in [5, 5.41) is 1.90. The maximum absolute atomic E-state index is 13.0. The molecule has 1 heterocycles. The zero-order valence-corrected chi connectivity index (χ0v) is 20.2. The third kappa shape index (κ3) is 5.26. The van der Waals surface area contributed by atoms with Gasteiger partial charge >= 0.3 is 5.97 Å². The molecule has 34 heavy (non-hydrogen) atoms. The van der Waals surface area contributed by atoms with Gasteiger partial charge in [-0.2, -0.15) is 0 Å². The molecule has 1 aliphatic rings. The molecule has 0 aliphatic carbocycles. The minimum atomic E-state index is -0.632. The average molecular weight is 496 g/mol. The van der Waals surface area contributed by atoms with Gasteiger partial charge in [0.05, 0.1) is 11.0 Å². The third-order valence-corrected chi connectivity index (χ3v) is 6.35. The number of amides is 2. The molecule has 3 aromatic carbocycles. The standard InChI is InChI=1S/C26H22ClNO5S/c1-16(2)33-24(29)14-28-25(30)23(34-26(28)31)13-20-19-9-5-3-7-17(19)11-12-22(20)32-15-18-8-4-6-10-21(18)27/h3-13,16H,14-15H2,1-2H3/b23-13-. The highest BCUT2D eigenvalue weighted by atomic mass is 35.5. The minimum Gasteiger partial charge on any atom is -0.488 e. The van der Waals surface area contributed by atoms with Gasteiger partial charge in [-0.15, -0.1) is 0 Å². The van der Waals surface area contributed by atoms with Crippen LogP contribution in [0.1, 0.15) is 25.0 Å². The zero-order valence-electron chi connectivity index (χ0n) is 18.6. The Morgan fingerprint density at radius 1 is 1.06 bits per heavy atom. The molecule has 0 radical (unpaired) electrons. The minimum absolute atomic E-state index is 0.210. The first kappa shape index (κ1) is 23.9. The molecule has 0 unspecified atom stereocenters. The van der Waals surface area contributed by atoms with Crippen molar-refractivity contribution >= 4 is 57.3 Å². The normalized spacial score (nSPS) is 14.9. The van der Waals surface area contributed by atoms with Crippen molar-refractivity contribution < 1.29 is 23.9 Å². The molecule has 0 N–H and O–H groups in total. The quantitative estimate of drug-likeness (QED) is 0.293. The van der Waals surface area contributed by atoms with E-state index < -0.39 is 23.7 Å². The van der Waals surface area contributed by atoms with Gasteiger partial charge in [0, 0.05) is 16.1 Å². The molecule has 2 amide bonds. The molecule has 6 nitrogen and oxygen atoms in total. The van der Waals surface area contributed by atoms with Crippen molar-refractivity contribution in [3.8, 4) is 5.75 Å². The second-order valence-electron chi connectivity index (χ2n) is 7.89. The maximum atomic E-state index is 13.0. The molecule has 174 valence electrons. The number of hydrogen-bond acceptors (Lipinski definition) is 6. The van der Waals surface area contributed by atoms with Gasteiger partial charge in [0.25, 0.3) is 11.1 Å². The molecule has 0 atom stereocenters. The maximum Gasteiger partial charge on any atom is 0.326 e. The number of esters is 1. The summed E-state index contributed by atoms with van der Waals surface area (Å²) in [5.74, 6) is -0.627. The molecule has 3 aromatic rings. The number of hydrogen-bond donors (Lipinski definition) is 0. The van der Waals surface area contributed by atoms with Gasteiger partial charge in [-0.1, -0.05) is 60.1 Å². The molecule has 0 aromatic heterocycles. The summed E-state index contributed by atoms with van der Waals surface area (Å²) in [7, 11) is 0. The van der Waals surface area contributed by atoms with Gasteiger partial charge in [0.2, 0.25) is 0 Å². The molecule has 0 saturated carbocycles. The van der Waals surface area contributed by atoms with E-state index in [1.165, 1.54) is 0 Å². The van der Waals surface area contributed by atoms with Crippen molar-refractivity contribution in [1.82, 2.24) is 4.90 Å². The Bertz CT molecular complexity index is 1300. The lowest BCUT2D eigenvalue weighted by Gasteiger charge is -2.14. The van der Waals surface area contributed by atoms with Crippen LogP contribution in [0.4, 0.5) is 4.79 Å². The van der Waals surface area contributed by atoms with Gasteiger partial charge in [-0.25, -0.2) is 0 Å². The number of thioether (sulfide) groups is 1. The summed E-state index contributed by atoms with van der Waals surface area (Å²) >= 11 is 7.05. The Morgan fingerprint density at radius 3 is 2.56 bits per heavy atom. The van der Waals surface area contributed by atoms with Crippen LogP contribution in [0.2, 0.25) is 5.02 Å². The van der Waals surface area contributed by atoms with Crippen molar-refractivity contribution in [2.24, 2.45) is 0 Å². The van der Waals surface area contributed by atoms with Crippen LogP contribution >= 0.6 is 23.4 Å². The van der Waals surface area contributed by atoms with Gasteiger partial charge in [-0.3, -0.25) is 19.3 Å². The van der Waals surface area contributed by atoms with Gasteiger partial charge in [0.15, 0.2) is 0 Å². The summed E-state index contributed by atoms with van der Waals surface area (Å²) < 4.78 is 11.2. The molecule has 1 saturated heterocycles. The number of halogens is 1. The predicted molar refractivity (Wildman–Crippen MR) is 134 cm³/mol. The van der Waals surface area contributed by atoms with Crippen LogP contribution in [0, 0.1) is 0 Å². The summed E-state index contributed by atoms with van der Waals surface area (Å²) in [6.07, 6.45) is 1.31. The van der Waals surface area contributed by atoms with E-state index in [4.69, 9.17) is 21.1 Å². The number of rotatable bonds is 7. The van der Waals surface area contributed by atoms with Crippen LogP contribution in [0.15, 0.2) is 65.6 Å². The lowest BCUT2D eigenvalue weighted by atomic mass is 10.0. The van der Waals surface area contributed by atoms with Crippen LogP contribution in [-0.4, -0.2) is 34.7 Å². The molecule has 1 aliphatic heterocycles. The van der Waals surface area contributed by atoms with Gasteiger partial charge in [0.1, 0.15) is 18.9 Å². The van der Waals surface area contributed by atoms with E-state index >= 15 is 0 Å². The van der Waals surface area contributed by atoms with E-state index in [1.54, 1.807) is 26.0 Å². The molecular weight excluding hydrogens is 474 g/mol. The average Bonchev–Trinajstić information content (AvgIpc) is 3.06. The van der Waals surface area contributed by atoms with Crippen molar-refractivity contribution in [2.75, 3.05) is 6.54 Å². The first-order valence-corrected chi connectivity index (χ1v) is 11.9. The number of carbonyl (C=O) groups excluding carboxylic acids is 3. The van der Waals surface area contributed by atoms with Crippen molar-refractivity contribution in [1.29, 1.82) is 0 Å². The smallest absolute Gasteiger partial charge is 0.326 e. The second-order valence-corrected chi connectivity index (χ2v) is 9.29. The van der Waals surface area contributed by atoms with E-state index in [1.807, 2.05) is 54.6 Å². The van der Waals surface area contributed by atoms with Crippen LogP contribution in [-0.2, 0) is 20.9 Å². The van der Waals surface area contributed by atoms with E-state index in [0.29, 0.717) is 16.3 Å². The summed E-state index contributed by atoms with van der Waals surface area (Å²) in [6.45, 7) is 3.22. The molecule has 0 spiro atoms. The van der Waals surface area contributed by atoms with Crippen LogP contribution in [0.25, 0.3) is 16.8 Å². The topological polar surface area (TPSA) is 72.9 Å². The fraction of sp³-hybridized carbons (Fsp3) is 0.192. The number of benzene rings is 3. The number of fused-ring (bicyclic) bond motifs is 1. The van der Waals surface area contributed by atoms with E-state index in [2.05, 4.69) is 0 Å². The van der Waals surface area contributed by atoms with Crippen LogP contribution in [0.5, 0.6) is 5.75 Å². The van der Waals surface area contributed by atoms with Crippen molar-refractivity contribution in [3.05, 3.63) is 81.7 Å². The van der Waals surface area contributed by atoms with Crippen molar-refractivity contribution in [2.45, 2.75) is 26.6 Å². The van der Waals surface area contributed by atoms with Crippen LogP contribution < -0.4 is 4.74 Å². The lowest BCUT2D eigenvalue weighted by Crippen LogP contribution is -2.35. The number of ether oxygens (including phenoxy) is 2. The highest BCUT2D eigenvalue weighted by Crippen LogP contribution is 2.37. The van der Waals surface area contributed by atoms with Gasteiger partial charge < -0.3 is 9.47 Å². The van der Waals surface area contributed by atoms with Crippen LogP contribution in [0.3, 0.4) is 0 Å². The summed E-state index contributed by atoms with van der Waals surface area (Å²) in [5.41, 5.74) is 1.49. The number of nitrogens with zero attached hydrogens (tertiary/aromatic N) is 1. The third-order valence-electron chi connectivity index (χ3n) is 5.08.